The molecule has 0 aliphatic heterocycles. The highest BCUT2D eigenvalue weighted by Crippen LogP contribution is 2.20. The van der Waals surface area contributed by atoms with Crippen LogP contribution in [0.3, 0.4) is 0 Å². The third kappa shape index (κ3) is 7.22. The Labute approximate surface area is 173 Å². The molecule has 2 aromatic carbocycles. The molecule has 2 aromatic rings. The van der Waals surface area contributed by atoms with Gasteiger partial charge in [-0.25, -0.2) is 0 Å². The Morgan fingerprint density at radius 3 is 2.08 bits per heavy atom. The second-order valence-corrected chi connectivity index (χ2v) is 8.14. The van der Waals surface area contributed by atoms with E-state index in [4.69, 9.17) is 0 Å². The van der Waals surface area contributed by atoms with Crippen molar-refractivity contribution in [3.63, 3.8) is 0 Å². The normalized spacial score (nSPS) is 10.7. The number of rotatable bonds is 11. The van der Waals surface area contributed by atoms with Crippen LogP contribution in [0, 0.1) is 0 Å². The molecule has 0 unspecified atom stereocenters. The zero-order valence-electron chi connectivity index (χ0n) is 15.2. The minimum atomic E-state index is 0.212. The van der Waals surface area contributed by atoms with Gasteiger partial charge in [-0.3, -0.25) is 4.79 Å². The van der Waals surface area contributed by atoms with Crippen molar-refractivity contribution < 1.29 is 4.79 Å². The van der Waals surface area contributed by atoms with E-state index in [9.17, 15) is 4.79 Å². The zero-order valence-corrected chi connectivity index (χ0v) is 18.4. The molecular formula is C21H26Br2N2O. The number of Topliss-reactive ketones (excluding diaryl/α,β-unsaturated/α-hetero) is 1. The summed E-state index contributed by atoms with van der Waals surface area (Å²) in [5, 5.41) is 3.20. The van der Waals surface area contributed by atoms with Gasteiger partial charge in [-0.15, -0.1) is 0 Å². The maximum atomic E-state index is 12.4. The zero-order chi connectivity index (χ0) is 18.8. The van der Waals surface area contributed by atoms with Crippen LogP contribution >= 0.6 is 31.9 Å². The molecule has 0 bridgehead atoms. The number of ketones is 1. The Bertz CT molecular complexity index is 671. The lowest BCUT2D eigenvalue weighted by Gasteiger charge is -2.25. The highest BCUT2D eigenvalue weighted by molar-refractivity contribution is 9.10. The van der Waals surface area contributed by atoms with Crippen molar-refractivity contribution in [2.75, 3.05) is 31.6 Å². The number of carbonyl (C=O) groups is 1. The van der Waals surface area contributed by atoms with Gasteiger partial charge in [0.1, 0.15) is 0 Å². The van der Waals surface area contributed by atoms with Gasteiger partial charge in [0.15, 0.2) is 5.78 Å². The molecule has 0 aromatic heterocycles. The van der Waals surface area contributed by atoms with Crippen LogP contribution in [0.15, 0.2) is 57.5 Å². The molecule has 0 saturated carbocycles. The Morgan fingerprint density at radius 2 is 1.46 bits per heavy atom. The van der Waals surface area contributed by atoms with Gasteiger partial charge in [-0.2, -0.15) is 0 Å². The molecule has 0 aliphatic rings. The Kier molecular flexibility index (Phi) is 9.37. The van der Waals surface area contributed by atoms with Crippen LogP contribution in [0.1, 0.15) is 36.0 Å². The highest BCUT2D eigenvalue weighted by Gasteiger charge is 2.10. The Morgan fingerprint density at radius 1 is 0.885 bits per heavy atom. The molecule has 3 nitrogen and oxygen atoms in total. The third-order valence-corrected chi connectivity index (χ3v) is 5.35. The van der Waals surface area contributed by atoms with Crippen LogP contribution in [0.2, 0.25) is 0 Å². The van der Waals surface area contributed by atoms with Gasteiger partial charge >= 0.3 is 0 Å². The standard InChI is InChI=1S/C21H26Br2N2O/c1-24-14-2-3-15-25(20-12-10-19(23)11-13-20)16-4-5-21(26)17-6-8-18(22)9-7-17/h6-13,24H,2-5,14-16H2,1H3. The summed E-state index contributed by atoms with van der Waals surface area (Å²) in [6.07, 6.45) is 3.72. The van der Waals surface area contributed by atoms with Crippen molar-refractivity contribution in [3.8, 4) is 0 Å². The van der Waals surface area contributed by atoms with E-state index in [1.54, 1.807) is 0 Å². The lowest BCUT2D eigenvalue weighted by atomic mass is 10.1. The van der Waals surface area contributed by atoms with Crippen LogP contribution in [-0.2, 0) is 0 Å². The van der Waals surface area contributed by atoms with E-state index in [-0.39, 0.29) is 5.78 Å². The van der Waals surface area contributed by atoms with E-state index in [2.05, 4.69) is 66.3 Å². The summed E-state index contributed by atoms with van der Waals surface area (Å²) in [5.41, 5.74) is 2.01. The number of halogens is 2. The summed E-state index contributed by atoms with van der Waals surface area (Å²) in [4.78, 5) is 14.8. The van der Waals surface area contributed by atoms with Gasteiger partial charge < -0.3 is 10.2 Å². The van der Waals surface area contributed by atoms with E-state index >= 15 is 0 Å². The van der Waals surface area contributed by atoms with Gasteiger partial charge in [0.2, 0.25) is 0 Å². The van der Waals surface area contributed by atoms with Crippen LogP contribution < -0.4 is 10.2 Å². The van der Waals surface area contributed by atoms with E-state index in [1.807, 2.05) is 31.3 Å². The van der Waals surface area contributed by atoms with Gasteiger partial charge in [-0.05, 0) is 69.3 Å². The third-order valence-electron chi connectivity index (χ3n) is 4.29. The maximum absolute atomic E-state index is 12.4. The largest absolute Gasteiger partial charge is 0.372 e. The second kappa shape index (κ2) is 11.5. The highest BCUT2D eigenvalue weighted by atomic mass is 79.9. The van der Waals surface area contributed by atoms with Crippen molar-refractivity contribution in [1.29, 1.82) is 0 Å². The lowest BCUT2D eigenvalue weighted by molar-refractivity contribution is 0.0980. The topological polar surface area (TPSA) is 32.3 Å². The number of unbranched alkanes of at least 4 members (excludes halogenated alkanes) is 1. The van der Waals surface area contributed by atoms with Gasteiger partial charge in [0.25, 0.3) is 0 Å². The molecular weight excluding hydrogens is 456 g/mol. The minimum absolute atomic E-state index is 0.212. The van der Waals surface area contributed by atoms with Crippen LogP contribution in [0.25, 0.3) is 0 Å². The monoisotopic (exact) mass is 480 g/mol. The number of benzene rings is 2. The minimum Gasteiger partial charge on any atom is -0.372 e. The Balaban J connectivity index is 1.89. The van der Waals surface area contributed by atoms with E-state index in [1.165, 1.54) is 5.69 Å². The van der Waals surface area contributed by atoms with E-state index < -0.39 is 0 Å². The SMILES string of the molecule is CNCCCCN(CCCC(=O)c1ccc(Br)cc1)c1ccc(Br)cc1. The summed E-state index contributed by atoms with van der Waals surface area (Å²) in [6, 6.07) is 16.0. The number of anilines is 1. The quantitative estimate of drug-likeness (QED) is 0.331. The average molecular weight is 482 g/mol. The second-order valence-electron chi connectivity index (χ2n) is 6.31. The number of nitrogens with one attached hydrogen (secondary N) is 1. The van der Waals surface area contributed by atoms with Crippen molar-refractivity contribution in [3.05, 3.63) is 63.0 Å². The molecule has 0 amide bonds. The first-order valence-corrected chi connectivity index (χ1v) is 10.6. The van der Waals surface area contributed by atoms with Crippen molar-refractivity contribution >= 4 is 43.3 Å². The van der Waals surface area contributed by atoms with E-state index in [0.29, 0.717) is 6.42 Å². The average Bonchev–Trinajstić information content (AvgIpc) is 2.65. The molecule has 5 heteroatoms. The summed E-state index contributed by atoms with van der Waals surface area (Å²) in [5.74, 6) is 0.212. The fourth-order valence-electron chi connectivity index (χ4n) is 2.84. The smallest absolute Gasteiger partial charge is 0.162 e. The number of hydrogen-bond acceptors (Lipinski definition) is 3. The predicted octanol–water partition coefficient (Wildman–Crippen LogP) is 5.68. The molecule has 0 spiro atoms. The van der Waals surface area contributed by atoms with Crippen molar-refractivity contribution in [1.82, 2.24) is 5.32 Å². The van der Waals surface area contributed by atoms with Gasteiger partial charge in [0, 0.05) is 39.7 Å². The first kappa shape index (κ1) is 21.1. The molecule has 26 heavy (non-hydrogen) atoms. The van der Waals surface area contributed by atoms with Crippen LogP contribution in [0.4, 0.5) is 5.69 Å². The summed E-state index contributed by atoms with van der Waals surface area (Å²) < 4.78 is 2.08. The number of nitrogens with zero attached hydrogens (tertiary/aromatic N) is 1. The molecule has 0 heterocycles. The fourth-order valence-corrected chi connectivity index (χ4v) is 3.37. The molecule has 140 valence electrons. The summed E-state index contributed by atoms with van der Waals surface area (Å²) in [6.45, 7) is 2.94. The van der Waals surface area contributed by atoms with Gasteiger partial charge in [-0.1, -0.05) is 44.0 Å². The summed E-state index contributed by atoms with van der Waals surface area (Å²) in [7, 11) is 1.99. The summed E-state index contributed by atoms with van der Waals surface area (Å²) >= 11 is 6.90. The molecule has 2 rings (SSSR count). The number of carbonyl (C=O) groups excluding carboxylic acids is 1. The van der Waals surface area contributed by atoms with Crippen LogP contribution in [-0.4, -0.2) is 32.5 Å². The first-order valence-electron chi connectivity index (χ1n) is 9.04. The van der Waals surface area contributed by atoms with Crippen molar-refractivity contribution in [2.24, 2.45) is 0 Å². The molecule has 0 atom stereocenters. The molecule has 0 fully saturated rings. The molecule has 0 saturated heterocycles. The fraction of sp³-hybridized carbons (Fsp3) is 0.381. The molecule has 0 aliphatic carbocycles. The van der Waals surface area contributed by atoms with E-state index in [0.717, 1.165) is 53.4 Å². The van der Waals surface area contributed by atoms with Crippen molar-refractivity contribution in [2.45, 2.75) is 25.7 Å². The van der Waals surface area contributed by atoms with Crippen LogP contribution in [0.5, 0.6) is 0 Å². The lowest BCUT2D eigenvalue weighted by Crippen LogP contribution is -2.26. The predicted molar refractivity (Wildman–Crippen MR) is 117 cm³/mol. The molecule has 0 radical (unpaired) electrons. The Hall–Kier alpha value is -1.17. The number of hydrogen-bond donors (Lipinski definition) is 1. The van der Waals surface area contributed by atoms with Gasteiger partial charge in [0.05, 0.1) is 0 Å². The maximum Gasteiger partial charge on any atom is 0.162 e. The molecule has 1 N–H and O–H groups in total. The first-order chi connectivity index (χ1) is 12.6.